The average molecular weight is 190 g/mol. The van der Waals surface area contributed by atoms with Gasteiger partial charge in [-0.25, -0.2) is 0 Å². The van der Waals surface area contributed by atoms with Gasteiger partial charge in [0.15, 0.2) is 0 Å². The summed E-state index contributed by atoms with van der Waals surface area (Å²) in [5, 5.41) is 0. The van der Waals surface area contributed by atoms with Gasteiger partial charge in [0.25, 0.3) is 0 Å². The third-order valence-electron chi connectivity index (χ3n) is 3.97. The Labute approximate surface area is 88.1 Å². The fourth-order valence-electron chi connectivity index (χ4n) is 3.19. The molecule has 3 atom stereocenters. The number of hydrogen-bond donors (Lipinski definition) is 0. The van der Waals surface area contributed by atoms with Crippen molar-refractivity contribution in [3.63, 3.8) is 0 Å². The average Bonchev–Trinajstić information content (AvgIpc) is 2.48. The predicted octanol–water partition coefficient (Wildman–Crippen LogP) is 4.34. The summed E-state index contributed by atoms with van der Waals surface area (Å²) in [6, 6.07) is 0. The minimum absolute atomic E-state index is 0.831. The molecule has 0 aliphatic heterocycles. The molecule has 14 heavy (non-hydrogen) atoms. The monoisotopic (exact) mass is 190 g/mol. The van der Waals surface area contributed by atoms with Crippen molar-refractivity contribution in [2.75, 3.05) is 0 Å². The molecule has 1 saturated carbocycles. The summed E-state index contributed by atoms with van der Waals surface area (Å²) >= 11 is 0. The molecule has 0 nitrogen and oxygen atoms in total. The van der Waals surface area contributed by atoms with E-state index in [4.69, 9.17) is 0 Å². The highest BCUT2D eigenvalue weighted by Crippen LogP contribution is 2.43. The normalized spacial score (nSPS) is 38.1. The van der Waals surface area contributed by atoms with Gasteiger partial charge in [-0.1, -0.05) is 44.1 Å². The van der Waals surface area contributed by atoms with E-state index >= 15 is 0 Å². The number of fused-ring (bicyclic) bond motifs is 1. The van der Waals surface area contributed by atoms with Crippen LogP contribution in [-0.2, 0) is 0 Å². The lowest BCUT2D eigenvalue weighted by molar-refractivity contribution is 0.413. The molecule has 0 aromatic rings. The van der Waals surface area contributed by atoms with E-state index < -0.39 is 0 Å². The molecule has 1 fully saturated rings. The smallest absolute Gasteiger partial charge is 0.0171 e. The second-order valence-electron chi connectivity index (χ2n) is 5.10. The quantitative estimate of drug-likeness (QED) is 0.533. The van der Waals surface area contributed by atoms with E-state index in [2.05, 4.69) is 32.1 Å². The molecule has 0 spiro atoms. The van der Waals surface area contributed by atoms with Crippen molar-refractivity contribution in [2.24, 2.45) is 17.8 Å². The predicted molar refractivity (Wildman–Crippen MR) is 62.1 cm³/mol. The molecule has 0 heterocycles. The Hall–Kier alpha value is -0.520. The van der Waals surface area contributed by atoms with Crippen LogP contribution < -0.4 is 0 Å². The van der Waals surface area contributed by atoms with Gasteiger partial charge in [-0.05, 0) is 43.4 Å². The molecule has 0 aromatic heterocycles. The maximum absolute atomic E-state index is 2.43. The van der Waals surface area contributed by atoms with Crippen molar-refractivity contribution in [3.05, 3.63) is 23.8 Å². The van der Waals surface area contributed by atoms with Gasteiger partial charge < -0.3 is 0 Å². The van der Waals surface area contributed by atoms with Crippen LogP contribution in [0.15, 0.2) is 23.8 Å². The molecule has 0 N–H and O–H groups in total. The first kappa shape index (κ1) is 10.0. The van der Waals surface area contributed by atoms with E-state index in [0.717, 1.165) is 17.8 Å². The number of rotatable bonds is 0. The molecule has 0 saturated heterocycles. The Morgan fingerprint density at radius 1 is 1.21 bits per heavy atom. The fraction of sp³-hybridized carbons (Fsp3) is 0.714. The molecule has 2 aliphatic carbocycles. The summed E-state index contributed by atoms with van der Waals surface area (Å²) < 4.78 is 0. The van der Waals surface area contributed by atoms with Crippen LogP contribution >= 0.6 is 0 Å². The second-order valence-corrected chi connectivity index (χ2v) is 5.10. The molecule has 0 heteroatoms. The number of allylic oxidation sites excluding steroid dienone is 4. The fourth-order valence-corrected chi connectivity index (χ4v) is 3.19. The van der Waals surface area contributed by atoms with Gasteiger partial charge in [0.1, 0.15) is 0 Å². The van der Waals surface area contributed by atoms with Crippen LogP contribution in [0.25, 0.3) is 0 Å². The van der Waals surface area contributed by atoms with Crippen LogP contribution in [0, 0.1) is 17.8 Å². The van der Waals surface area contributed by atoms with Gasteiger partial charge >= 0.3 is 0 Å². The standard InChI is InChI=1S/C14H22/c1-11-10-12(2)14-9-7-5-3-4-6-8-13(11)14/h4,6,8,11-12,14H,3,5,7,9-10H2,1-2H3. The first-order valence-corrected chi connectivity index (χ1v) is 6.15. The lowest BCUT2D eigenvalue weighted by Crippen LogP contribution is -2.05. The summed E-state index contributed by atoms with van der Waals surface area (Å²) in [5.74, 6) is 2.65. The van der Waals surface area contributed by atoms with Gasteiger partial charge in [0.05, 0.1) is 0 Å². The van der Waals surface area contributed by atoms with Crippen LogP contribution in [0.4, 0.5) is 0 Å². The molecular weight excluding hydrogens is 168 g/mol. The van der Waals surface area contributed by atoms with Crippen LogP contribution in [0.2, 0.25) is 0 Å². The van der Waals surface area contributed by atoms with Crippen LogP contribution in [0.3, 0.4) is 0 Å². The Kier molecular flexibility index (Phi) is 3.10. The molecule has 2 aliphatic rings. The molecule has 0 bridgehead atoms. The van der Waals surface area contributed by atoms with E-state index in [-0.39, 0.29) is 0 Å². The SMILES string of the molecule is CC1CC(C)C2CCCCC=CC=C12. The van der Waals surface area contributed by atoms with E-state index in [1.807, 2.05) is 0 Å². The zero-order valence-corrected chi connectivity index (χ0v) is 9.50. The first-order valence-electron chi connectivity index (χ1n) is 6.15. The topological polar surface area (TPSA) is 0 Å². The highest BCUT2D eigenvalue weighted by molar-refractivity contribution is 5.22. The Morgan fingerprint density at radius 3 is 2.93 bits per heavy atom. The first-order chi connectivity index (χ1) is 6.79. The van der Waals surface area contributed by atoms with Crippen molar-refractivity contribution in [3.8, 4) is 0 Å². The summed E-state index contributed by atoms with van der Waals surface area (Å²) in [7, 11) is 0. The molecule has 3 unspecified atom stereocenters. The van der Waals surface area contributed by atoms with Crippen LogP contribution in [0.5, 0.6) is 0 Å². The highest BCUT2D eigenvalue weighted by atomic mass is 14.4. The Morgan fingerprint density at radius 2 is 2.07 bits per heavy atom. The van der Waals surface area contributed by atoms with Gasteiger partial charge in [-0.15, -0.1) is 0 Å². The third-order valence-corrected chi connectivity index (χ3v) is 3.97. The van der Waals surface area contributed by atoms with Gasteiger partial charge in [0.2, 0.25) is 0 Å². The van der Waals surface area contributed by atoms with Crippen molar-refractivity contribution in [1.82, 2.24) is 0 Å². The van der Waals surface area contributed by atoms with Gasteiger partial charge in [-0.3, -0.25) is 0 Å². The third kappa shape index (κ3) is 1.94. The van der Waals surface area contributed by atoms with Crippen molar-refractivity contribution < 1.29 is 0 Å². The zero-order valence-electron chi connectivity index (χ0n) is 9.50. The molecule has 2 rings (SSSR count). The lowest BCUT2D eigenvalue weighted by atomic mass is 9.89. The summed E-state index contributed by atoms with van der Waals surface area (Å²) in [6.45, 7) is 4.83. The van der Waals surface area contributed by atoms with E-state index in [1.54, 1.807) is 5.57 Å². The van der Waals surface area contributed by atoms with Crippen molar-refractivity contribution in [1.29, 1.82) is 0 Å². The van der Waals surface area contributed by atoms with Gasteiger partial charge in [-0.2, -0.15) is 0 Å². The largest absolute Gasteiger partial charge is 0.0845 e. The summed E-state index contributed by atoms with van der Waals surface area (Å²) in [4.78, 5) is 0. The Bertz CT molecular complexity index is 247. The summed E-state index contributed by atoms with van der Waals surface area (Å²) in [5.41, 5.74) is 1.73. The highest BCUT2D eigenvalue weighted by Gasteiger charge is 2.32. The molecule has 0 amide bonds. The van der Waals surface area contributed by atoms with Crippen molar-refractivity contribution in [2.45, 2.75) is 46.0 Å². The molecule has 78 valence electrons. The zero-order chi connectivity index (χ0) is 9.97. The lowest BCUT2D eigenvalue weighted by Gasteiger charge is -2.16. The van der Waals surface area contributed by atoms with E-state index in [9.17, 15) is 0 Å². The summed E-state index contributed by atoms with van der Waals surface area (Å²) in [6.07, 6.45) is 14.0. The second kappa shape index (κ2) is 4.33. The Balaban J connectivity index is 2.19. The molecular formula is C14H22. The van der Waals surface area contributed by atoms with Crippen molar-refractivity contribution >= 4 is 0 Å². The number of hydrogen-bond acceptors (Lipinski definition) is 0. The maximum Gasteiger partial charge on any atom is -0.0171 e. The maximum atomic E-state index is 2.43. The van der Waals surface area contributed by atoms with Gasteiger partial charge in [0, 0.05) is 0 Å². The van der Waals surface area contributed by atoms with Crippen LogP contribution in [0.1, 0.15) is 46.0 Å². The van der Waals surface area contributed by atoms with E-state index in [0.29, 0.717) is 0 Å². The van der Waals surface area contributed by atoms with Crippen LogP contribution in [-0.4, -0.2) is 0 Å². The minimum Gasteiger partial charge on any atom is -0.0845 e. The molecule has 0 aromatic carbocycles. The van der Waals surface area contributed by atoms with E-state index in [1.165, 1.54) is 32.1 Å². The molecule has 0 radical (unpaired) electrons. The minimum atomic E-state index is 0.831.